The summed E-state index contributed by atoms with van der Waals surface area (Å²) in [6.45, 7) is 10.9. The largest absolute Gasteiger partial charge is 0.0998 e. The van der Waals surface area contributed by atoms with Gasteiger partial charge in [-0.1, -0.05) is 91.6 Å². The van der Waals surface area contributed by atoms with E-state index in [0.717, 1.165) is 36.5 Å². The molecule has 0 heterocycles. The highest BCUT2D eigenvalue weighted by atomic mass is 14.4. The predicted molar refractivity (Wildman–Crippen MR) is 184 cm³/mol. The van der Waals surface area contributed by atoms with Gasteiger partial charge in [0.2, 0.25) is 0 Å². The molecule has 0 N–H and O–H groups in total. The van der Waals surface area contributed by atoms with Crippen molar-refractivity contribution >= 4 is 17.2 Å². The van der Waals surface area contributed by atoms with Crippen LogP contribution in [0.3, 0.4) is 0 Å². The molecule has 0 aliphatic heterocycles. The van der Waals surface area contributed by atoms with Crippen molar-refractivity contribution in [3.05, 3.63) is 111 Å². The zero-order valence-electron chi connectivity index (χ0n) is 26.6. The number of hydrogen-bond acceptors (Lipinski definition) is 0. The quantitative estimate of drug-likeness (QED) is 0.250. The first-order valence-electron chi connectivity index (χ1n) is 17.4. The van der Waals surface area contributed by atoms with Gasteiger partial charge < -0.3 is 0 Å². The van der Waals surface area contributed by atoms with Crippen molar-refractivity contribution in [1.82, 2.24) is 0 Å². The van der Waals surface area contributed by atoms with Crippen molar-refractivity contribution in [1.29, 1.82) is 0 Å². The van der Waals surface area contributed by atoms with E-state index < -0.39 is 0 Å². The fraction of sp³-hybridized carbons (Fsp3) is 0.442. The number of fused-ring (bicyclic) bond motifs is 2. The highest BCUT2D eigenvalue weighted by Gasteiger charge is 2.39. The first-order chi connectivity index (χ1) is 20.9. The van der Waals surface area contributed by atoms with E-state index in [2.05, 4.69) is 88.0 Å². The highest BCUT2D eigenvalue weighted by molar-refractivity contribution is 5.94. The van der Waals surface area contributed by atoms with Gasteiger partial charge in [0.15, 0.2) is 0 Å². The third-order valence-corrected chi connectivity index (χ3v) is 11.9. The first kappa shape index (κ1) is 27.4. The minimum absolute atomic E-state index is 0.665. The van der Waals surface area contributed by atoms with E-state index in [1.54, 1.807) is 16.7 Å². The van der Waals surface area contributed by atoms with Gasteiger partial charge in [0.1, 0.15) is 0 Å². The summed E-state index contributed by atoms with van der Waals surface area (Å²) in [6, 6.07) is 19.2. The molecule has 0 nitrogen and oxygen atoms in total. The Hall–Kier alpha value is -3.12. The van der Waals surface area contributed by atoms with Gasteiger partial charge in [-0.3, -0.25) is 0 Å². The Labute approximate surface area is 260 Å². The predicted octanol–water partition coefficient (Wildman–Crippen LogP) is 11.7. The van der Waals surface area contributed by atoms with E-state index in [-0.39, 0.29) is 0 Å². The van der Waals surface area contributed by atoms with Gasteiger partial charge >= 0.3 is 0 Å². The second-order valence-corrected chi connectivity index (χ2v) is 15.1. The lowest BCUT2D eigenvalue weighted by atomic mass is 9.67. The number of allylic oxidation sites excluding steroid dienone is 4. The molecule has 0 heteroatoms. The molecule has 5 aliphatic rings. The molecule has 0 spiro atoms. The molecule has 0 bridgehead atoms. The molecule has 43 heavy (non-hydrogen) atoms. The van der Waals surface area contributed by atoms with Gasteiger partial charge in [-0.2, -0.15) is 0 Å². The van der Waals surface area contributed by atoms with Crippen LogP contribution in [0.5, 0.6) is 0 Å². The minimum Gasteiger partial charge on any atom is -0.0998 e. The normalized spacial score (nSPS) is 24.7. The topological polar surface area (TPSA) is 0 Å². The Morgan fingerprint density at radius 3 is 2.16 bits per heavy atom. The van der Waals surface area contributed by atoms with Crippen LogP contribution in [0.2, 0.25) is 0 Å². The van der Waals surface area contributed by atoms with Crippen LogP contribution in [0.15, 0.2) is 66.8 Å². The standard InChI is InChI=1S/C43H48/c1-26(2)20-38-28(4)21-36-22-35(24-41(36)43(38)33-10-8-27(3)9-11-33)34-18-19-37-39(31-16-17-31)25-40(42(37)23-34)32-14-12-30(13-15-32)29-6-5-7-29/h8-11,18-19,21-23,25,29-32,39H,1,5-7,12-17,20,24H2,2-4H3. The molecular formula is C43H48. The van der Waals surface area contributed by atoms with E-state index in [1.807, 2.05) is 0 Å². The molecule has 1 unspecified atom stereocenters. The van der Waals surface area contributed by atoms with Crippen LogP contribution in [-0.4, -0.2) is 0 Å². The number of rotatable bonds is 7. The van der Waals surface area contributed by atoms with Crippen LogP contribution in [0.1, 0.15) is 115 Å². The summed E-state index contributed by atoms with van der Waals surface area (Å²) >= 11 is 0. The van der Waals surface area contributed by atoms with Crippen LogP contribution in [0.4, 0.5) is 0 Å². The SMILES string of the molecule is C=C(C)Cc1c(C)cc2c(c1-c1ccc(C)cc1)CC(c1ccc3c(c1)C(C1CCC(C4CCC4)CC1)=CC3C1CC1)=C2. The third kappa shape index (κ3) is 5.00. The summed E-state index contributed by atoms with van der Waals surface area (Å²) in [5.74, 6) is 4.38. The molecule has 3 saturated carbocycles. The van der Waals surface area contributed by atoms with Crippen molar-refractivity contribution in [2.24, 2.45) is 23.7 Å². The molecule has 3 fully saturated rings. The molecule has 0 aromatic heterocycles. The maximum Gasteiger partial charge on any atom is 0.00584 e. The fourth-order valence-electron chi connectivity index (χ4n) is 9.15. The molecule has 8 rings (SSSR count). The zero-order chi connectivity index (χ0) is 29.2. The van der Waals surface area contributed by atoms with Crippen LogP contribution in [-0.2, 0) is 12.8 Å². The Kier molecular flexibility index (Phi) is 6.89. The molecule has 220 valence electrons. The average molecular weight is 565 g/mol. The Morgan fingerprint density at radius 2 is 1.49 bits per heavy atom. The molecule has 3 aromatic rings. The number of aryl methyl sites for hydroxylation is 2. The van der Waals surface area contributed by atoms with Crippen molar-refractivity contribution in [2.45, 2.75) is 97.3 Å². The summed E-state index contributed by atoms with van der Waals surface area (Å²) in [5.41, 5.74) is 19.0. The molecule has 1 atom stereocenters. The van der Waals surface area contributed by atoms with Crippen LogP contribution in [0, 0.1) is 37.5 Å². The summed E-state index contributed by atoms with van der Waals surface area (Å²) < 4.78 is 0. The maximum absolute atomic E-state index is 4.30. The van der Waals surface area contributed by atoms with Crippen molar-refractivity contribution < 1.29 is 0 Å². The molecule has 3 aromatic carbocycles. The summed E-state index contributed by atoms with van der Waals surface area (Å²) in [6.07, 6.45) is 20.3. The second kappa shape index (κ2) is 10.8. The Bertz CT molecular complexity index is 1640. The summed E-state index contributed by atoms with van der Waals surface area (Å²) in [4.78, 5) is 0. The van der Waals surface area contributed by atoms with Crippen molar-refractivity contribution in [3.8, 4) is 11.1 Å². The first-order valence-corrected chi connectivity index (χ1v) is 17.4. The third-order valence-electron chi connectivity index (χ3n) is 11.9. The maximum atomic E-state index is 4.30. The lowest BCUT2D eigenvalue weighted by Crippen LogP contribution is -2.26. The molecular weight excluding hydrogens is 516 g/mol. The van der Waals surface area contributed by atoms with E-state index in [0.29, 0.717) is 5.92 Å². The van der Waals surface area contributed by atoms with Crippen LogP contribution >= 0.6 is 0 Å². The minimum atomic E-state index is 0.665. The van der Waals surface area contributed by atoms with E-state index in [4.69, 9.17) is 0 Å². The molecule has 0 radical (unpaired) electrons. The zero-order valence-corrected chi connectivity index (χ0v) is 26.6. The molecule has 5 aliphatic carbocycles. The van der Waals surface area contributed by atoms with Gasteiger partial charge in [0, 0.05) is 5.92 Å². The smallest absolute Gasteiger partial charge is 0.00584 e. The van der Waals surface area contributed by atoms with E-state index in [1.165, 1.54) is 113 Å². The highest BCUT2D eigenvalue weighted by Crippen LogP contribution is 2.54. The van der Waals surface area contributed by atoms with Crippen molar-refractivity contribution in [2.75, 3.05) is 0 Å². The van der Waals surface area contributed by atoms with Crippen LogP contribution < -0.4 is 0 Å². The van der Waals surface area contributed by atoms with Gasteiger partial charge in [0.05, 0.1) is 0 Å². The molecule has 0 saturated heterocycles. The van der Waals surface area contributed by atoms with Gasteiger partial charge in [-0.25, -0.2) is 0 Å². The number of benzene rings is 3. The lowest BCUT2D eigenvalue weighted by molar-refractivity contribution is 0.150. The number of hydrogen-bond donors (Lipinski definition) is 0. The monoisotopic (exact) mass is 564 g/mol. The second-order valence-electron chi connectivity index (χ2n) is 15.1. The fourth-order valence-corrected chi connectivity index (χ4v) is 9.15. The van der Waals surface area contributed by atoms with Crippen LogP contribution in [0.25, 0.3) is 28.3 Å². The van der Waals surface area contributed by atoms with E-state index in [9.17, 15) is 0 Å². The summed E-state index contributed by atoms with van der Waals surface area (Å²) in [7, 11) is 0. The molecule has 0 amide bonds. The average Bonchev–Trinajstić information content (AvgIpc) is 3.62. The summed E-state index contributed by atoms with van der Waals surface area (Å²) in [5, 5.41) is 0. The Morgan fingerprint density at radius 1 is 0.791 bits per heavy atom. The van der Waals surface area contributed by atoms with Crippen molar-refractivity contribution in [3.63, 3.8) is 0 Å². The van der Waals surface area contributed by atoms with Gasteiger partial charge in [0.25, 0.3) is 0 Å². The lowest BCUT2D eigenvalue weighted by Gasteiger charge is -2.39. The van der Waals surface area contributed by atoms with Gasteiger partial charge in [-0.05, 0) is 163 Å². The Balaban J connectivity index is 1.13. The van der Waals surface area contributed by atoms with Gasteiger partial charge in [-0.15, -0.1) is 0 Å². The van der Waals surface area contributed by atoms with E-state index >= 15 is 0 Å².